The number of hydrogen-bond acceptors (Lipinski definition) is 7. The maximum absolute atomic E-state index is 13.9. The minimum Gasteiger partial charge on any atom is -0.454 e. The maximum Gasteiger partial charge on any atom is 0.471 e. The summed E-state index contributed by atoms with van der Waals surface area (Å²) in [6.45, 7) is 7.03. The van der Waals surface area contributed by atoms with Crippen LogP contribution in [0, 0.1) is 5.92 Å². The van der Waals surface area contributed by atoms with Crippen molar-refractivity contribution < 1.29 is 41.8 Å². The number of ether oxygens (including phenoxy) is 3. The molecule has 2 heterocycles. The van der Waals surface area contributed by atoms with Gasteiger partial charge in [-0.3, -0.25) is 14.6 Å². The molecular formula is C30H39F3N4O6. The van der Waals surface area contributed by atoms with Crippen molar-refractivity contribution in [1.82, 2.24) is 20.5 Å². The summed E-state index contributed by atoms with van der Waals surface area (Å²) >= 11 is 0. The lowest BCUT2D eigenvalue weighted by molar-refractivity contribution is -0.189. The highest BCUT2D eigenvalue weighted by atomic mass is 19.4. The van der Waals surface area contributed by atoms with E-state index in [2.05, 4.69) is 15.6 Å². The van der Waals surface area contributed by atoms with Gasteiger partial charge in [-0.05, 0) is 81.3 Å². The number of alkyl halides is 3. The Bertz CT molecular complexity index is 1240. The Morgan fingerprint density at radius 2 is 1.70 bits per heavy atom. The molecule has 0 spiro atoms. The van der Waals surface area contributed by atoms with E-state index in [1.807, 2.05) is 6.92 Å². The first kappa shape index (κ1) is 33.5. The van der Waals surface area contributed by atoms with Gasteiger partial charge in [0.05, 0.1) is 0 Å². The standard InChI is InChI=1S/C30H39F3N4O6/c1-5-20(10-16-36-28(40)43-29(2,3)4)12-17-37(27(39)30(31,32)33)25(22-6-7-23-24(18-22)42-19-41-23)26(38)35-15-11-21-8-13-34-14-9-21/h6-9,13-14,18,20,25H,5,10-12,15-17,19H2,1-4H3,(H,35,38)(H,36,40). The van der Waals surface area contributed by atoms with Gasteiger partial charge in [0.15, 0.2) is 11.5 Å². The van der Waals surface area contributed by atoms with Gasteiger partial charge in [-0.15, -0.1) is 0 Å². The van der Waals surface area contributed by atoms with E-state index in [1.54, 1.807) is 45.3 Å². The van der Waals surface area contributed by atoms with Crippen molar-refractivity contribution in [3.63, 3.8) is 0 Å². The highest BCUT2D eigenvalue weighted by Crippen LogP contribution is 2.37. The fourth-order valence-corrected chi connectivity index (χ4v) is 4.61. The summed E-state index contributed by atoms with van der Waals surface area (Å²) in [6.07, 6.45) is -1.01. The number of fused-ring (bicyclic) bond motifs is 1. The summed E-state index contributed by atoms with van der Waals surface area (Å²) in [4.78, 5) is 42.9. The predicted molar refractivity (Wildman–Crippen MR) is 151 cm³/mol. The molecule has 0 fully saturated rings. The van der Waals surface area contributed by atoms with Gasteiger partial charge in [-0.1, -0.05) is 19.4 Å². The summed E-state index contributed by atoms with van der Waals surface area (Å²) in [7, 11) is 0. The lowest BCUT2D eigenvalue weighted by Gasteiger charge is -2.33. The van der Waals surface area contributed by atoms with Crippen LogP contribution < -0.4 is 20.1 Å². The zero-order valence-electron chi connectivity index (χ0n) is 24.8. The van der Waals surface area contributed by atoms with Gasteiger partial charge >= 0.3 is 18.2 Å². The highest BCUT2D eigenvalue weighted by molar-refractivity contribution is 5.91. The number of benzene rings is 1. The SMILES string of the molecule is CCC(CCNC(=O)OC(C)(C)C)CCN(C(=O)C(F)(F)F)C(C(=O)NCCc1ccncc1)c1ccc2c(c1)OCO2. The molecule has 0 radical (unpaired) electrons. The van der Waals surface area contributed by atoms with E-state index in [4.69, 9.17) is 14.2 Å². The average molecular weight is 609 g/mol. The number of aromatic nitrogens is 1. The quantitative estimate of drug-likeness (QED) is 0.331. The average Bonchev–Trinajstić information content (AvgIpc) is 3.41. The minimum atomic E-state index is -5.22. The summed E-state index contributed by atoms with van der Waals surface area (Å²) in [6, 6.07) is 6.33. The summed E-state index contributed by atoms with van der Waals surface area (Å²) in [5.41, 5.74) is 0.363. The zero-order chi connectivity index (χ0) is 31.6. The van der Waals surface area contributed by atoms with Crippen LogP contribution in [0.3, 0.4) is 0 Å². The van der Waals surface area contributed by atoms with Gasteiger partial charge in [0.25, 0.3) is 0 Å². The molecule has 3 rings (SSSR count). The molecule has 1 aliphatic heterocycles. The minimum absolute atomic E-state index is 0.0672. The molecule has 10 nitrogen and oxygen atoms in total. The molecule has 1 aromatic heterocycles. The van der Waals surface area contributed by atoms with Gasteiger partial charge in [-0.25, -0.2) is 4.79 Å². The number of carbonyl (C=O) groups is 3. The van der Waals surface area contributed by atoms with Crippen LogP contribution in [-0.2, 0) is 20.7 Å². The van der Waals surface area contributed by atoms with E-state index in [1.165, 1.54) is 18.2 Å². The second kappa shape index (κ2) is 14.9. The topological polar surface area (TPSA) is 119 Å². The molecule has 2 atom stereocenters. The van der Waals surface area contributed by atoms with Crippen molar-refractivity contribution in [3.05, 3.63) is 53.9 Å². The Hall–Kier alpha value is -4.03. The van der Waals surface area contributed by atoms with Gasteiger partial charge < -0.3 is 29.7 Å². The van der Waals surface area contributed by atoms with E-state index in [9.17, 15) is 27.6 Å². The van der Waals surface area contributed by atoms with E-state index < -0.39 is 35.7 Å². The second-order valence-electron chi connectivity index (χ2n) is 11.2. The highest BCUT2D eigenvalue weighted by Gasteiger charge is 2.46. The number of hydrogen-bond donors (Lipinski definition) is 2. The number of carbonyl (C=O) groups excluding carboxylic acids is 3. The smallest absolute Gasteiger partial charge is 0.454 e. The van der Waals surface area contributed by atoms with Crippen molar-refractivity contribution in [2.75, 3.05) is 26.4 Å². The van der Waals surface area contributed by atoms with Gasteiger partial charge in [0, 0.05) is 32.0 Å². The van der Waals surface area contributed by atoms with E-state index >= 15 is 0 Å². The molecule has 2 aromatic rings. The molecule has 0 bridgehead atoms. The predicted octanol–water partition coefficient (Wildman–Crippen LogP) is 4.93. The van der Waals surface area contributed by atoms with E-state index in [-0.39, 0.29) is 50.1 Å². The third kappa shape index (κ3) is 10.3. The van der Waals surface area contributed by atoms with Crippen molar-refractivity contribution in [2.45, 2.75) is 71.2 Å². The van der Waals surface area contributed by atoms with Gasteiger partial charge in [0.1, 0.15) is 11.6 Å². The summed E-state index contributed by atoms with van der Waals surface area (Å²) in [5.74, 6) is -2.37. The van der Waals surface area contributed by atoms with Crippen molar-refractivity contribution >= 4 is 17.9 Å². The molecule has 0 saturated carbocycles. The summed E-state index contributed by atoms with van der Waals surface area (Å²) in [5, 5.41) is 5.35. The molecule has 13 heteroatoms. The number of nitrogens with zero attached hydrogens (tertiary/aromatic N) is 2. The lowest BCUT2D eigenvalue weighted by atomic mass is 9.96. The Morgan fingerprint density at radius 3 is 2.35 bits per heavy atom. The normalized spacial score (nSPS) is 14.0. The number of nitrogens with one attached hydrogen (secondary N) is 2. The van der Waals surface area contributed by atoms with Crippen molar-refractivity contribution in [1.29, 1.82) is 0 Å². The van der Waals surface area contributed by atoms with Crippen LogP contribution in [0.1, 0.15) is 64.1 Å². The molecule has 2 unspecified atom stereocenters. The molecule has 2 N–H and O–H groups in total. The number of rotatable bonds is 13. The Labute approximate surface area is 249 Å². The zero-order valence-corrected chi connectivity index (χ0v) is 24.8. The Kier molecular flexibility index (Phi) is 11.6. The molecular weight excluding hydrogens is 569 g/mol. The molecule has 1 aromatic carbocycles. The Morgan fingerprint density at radius 1 is 1.00 bits per heavy atom. The van der Waals surface area contributed by atoms with Crippen LogP contribution in [0.2, 0.25) is 0 Å². The Balaban J connectivity index is 1.80. The fourth-order valence-electron chi connectivity index (χ4n) is 4.61. The van der Waals surface area contributed by atoms with Crippen LogP contribution in [0.25, 0.3) is 0 Å². The third-order valence-electron chi connectivity index (χ3n) is 6.81. The molecule has 0 saturated heterocycles. The molecule has 0 aliphatic carbocycles. The van der Waals surface area contributed by atoms with Gasteiger partial charge in [-0.2, -0.15) is 13.2 Å². The van der Waals surface area contributed by atoms with Crippen LogP contribution >= 0.6 is 0 Å². The first-order valence-electron chi connectivity index (χ1n) is 14.2. The van der Waals surface area contributed by atoms with Crippen molar-refractivity contribution in [3.8, 4) is 11.5 Å². The first-order valence-corrected chi connectivity index (χ1v) is 14.2. The number of halogens is 3. The number of alkyl carbamates (subject to hydrolysis) is 1. The van der Waals surface area contributed by atoms with E-state index in [0.29, 0.717) is 29.9 Å². The monoisotopic (exact) mass is 608 g/mol. The molecule has 236 valence electrons. The maximum atomic E-state index is 13.9. The largest absolute Gasteiger partial charge is 0.471 e. The van der Waals surface area contributed by atoms with Crippen LogP contribution in [0.4, 0.5) is 18.0 Å². The fraction of sp³-hybridized carbons (Fsp3) is 0.533. The van der Waals surface area contributed by atoms with Crippen molar-refractivity contribution in [2.24, 2.45) is 5.92 Å². The van der Waals surface area contributed by atoms with Crippen LogP contribution in [-0.4, -0.2) is 66.0 Å². The molecule has 3 amide bonds. The summed E-state index contributed by atoms with van der Waals surface area (Å²) < 4.78 is 57.7. The first-order chi connectivity index (χ1) is 20.3. The number of amides is 3. The second-order valence-corrected chi connectivity index (χ2v) is 11.2. The van der Waals surface area contributed by atoms with Crippen LogP contribution in [0.15, 0.2) is 42.7 Å². The molecule has 43 heavy (non-hydrogen) atoms. The lowest BCUT2D eigenvalue weighted by Crippen LogP contribution is -2.49. The molecule has 1 aliphatic rings. The number of pyridine rings is 1. The van der Waals surface area contributed by atoms with Gasteiger partial charge in [0.2, 0.25) is 12.7 Å². The van der Waals surface area contributed by atoms with E-state index in [0.717, 1.165) is 5.56 Å². The third-order valence-corrected chi connectivity index (χ3v) is 6.81. The van der Waals surface area contributed by atoms with Crippen LogP contribution in [0.5, 0.6) is 11.5 Å².